The Bertz CT molecular complexity index is 3550. The van der Waals surface area contributed by atoms with Crippen molar-refractivity contribution in [3.05, 3.63) is 222 Å². The number of allylic oxidation sites excluding steroid dienone is 6. The third kappa shape index (κ3) is 6.86. The summed E-state index contributed by atoms with van der Waals surface area (Å²) in [5.41, 5.74) is 21.8. The van der Waals surface area contributed by atoms with Crippen molar-refractivity contribution in [3.63, 3.8) is 0 Å². The minimum Gasteiger partial charge on any atom is -0.324 e. The van der Waals surface area contributed by atoms with Gasteiger partial charge in [-0.3, -0.25) is 16.0 Å². The van der Waals surface area contributed by atoms with Gasteiger partial charge in [0.1, 0.15) is 0 Å². The van der Waals surface area contributed by atoms with Gasteiger partial charge in [-0.1, -0.05) is 170 Å². The summed E-state index contributed by atoms with van der Waals surface area (Å²) in [5.74, 6) is 0.568. The summed E-state index contributed by atoms with van der Waals surface area (Å²) in [5, 5.41) is 19.7. The molecule has 0 radical (unpaired) electrons. The quantitative estimate of drug-likeness (QED) is 0.120. The van der Waals surface area contributed by atoms with E-state index in [1.54, 1.807) is 0 Å². The van der Waals surface area contributed by atoms with Crippen molar-refractivity contribution in [2.24, 2.45) is 5.73 Å². The minimum atomic E-state index is -0.252. The van der Waals surface area contributed by atoms with Crippen LogP contribution in [0, 0.1) is 0 Å². The van der Waals surface area contributed by atoms with Crippen LogP contribution in [0.3, 0.4) is 0 Å². The van der Waals surface area contributed by atoms with Gasteiger partial charge in [-0.2, -0.15) is 0 Å². The molecule has 1 fully saturated rings. The molecule has 1 aliphatic heterocycles. The van der Waals surface area contributed by atoms with Crippen LogP contribution in [0.5, 0.6) is 0 Å². The average molecular weight is 871 g/mol. The molecular weight excluding hydrogens is 817 g/mol. The zero-order valence-corrected chi connectivity index (χ0v) is 37.6. The fourth-order valence-corrected chi connectivity index (χ4v) is 11.8. The Hall–Kier alpha value is -7.06. The van der Waals surface area contributed by atoms with Crippen LogP contribution in [0.4, 0.5) is 0 Å². The van der Waals surface area contributed by atoms with Crippen LogP contribution in [0.2, 0.25) is 0 Å². The first-order valence-electron chi connectivity index (χ1n) is 24.3. The molecule has 5 N–H and O–H groups in total. The van der Waals surface area contributed by atoms with Crippen molar-refractivity contribution >= 4 is 65.7 Å². The number of nitrogens with zero attached hydrogens (tertiary/aromatic N) is 2. The van der Waals surface area contributed by atoms with Crippen molar-refractivity contribution in [1.82, 2.24) is 25.1 Å². The molecule has 0 saturated carbocycles. The number of nitrogens with one attached hydrogen (secondary N) is 3. The number of rotatable bonds is 7. The molecule has 5 unspecified atom stereocenters. The van der Waals surface area contributed by atoms with Crippen molar-refractivity contribution in [3.8, 4) is 5.69 Å². The lowest BCUT2D eigenvalue weighted by atomic mass is 9.87. The molecule has 67 heavy (non-hydrogen) atoms. The number of fused-ring (bicyclic) bond motifs is 8. The Morgan fingerprint density at radius 1 is 0.537 bits per heavy atom. The van der Waals surface area contributed by atoms with Gasteiger partial charge in [0.2, 0.25) is 0 Å². The van der Waals surface area contributed by atoms with Crippen LogP contribution in [0.25, 0.3) is 71.3 Å². The molecule has 0 bridgehead atoms. The smallest absolute Gasteiger partial charge is 0.0882 e. The second-order valence-corrected chi connectivity index (χ2v) is 18.9. The normalized spacial score (nSPS) is 22.2. The number of para-hydroxylation sites is 2. The van der Waals surface area contributed by atoms with Crippen molar-refractivity contribution in [1.29, 1.82) is 0 Å². The lowest BCUT2D eigenvalue weighted by molar-refractivity contribution is 0.223. The zero-order chi connectivity index (χ0) is 44.4. The predicted octanol–water partition coefficient (Wildman–Crippen LogP) is 13.6. The zero-order valence-electron chi connectivity index (χ0n) is 37.6. The molecule has 6 nitrogen and oxygen atoms in total. The van der Waals surface area contributed by atoms with E-state index in [0.717, 1.165) is 43.4 Å². The van der Waals surface area contributed by atoms with Gasteiger partial charge in [0.25, 0.3) is 0 Å². The van der Waals surface area contributed by atoms with E-state index in [4.69, 9.17) is 5.73 Å². The Morgan fingerprint density at radius 3 is 2.10 bits per heavy atom. The SMILES string of the molecule is NC1C=C(C2NC(c3ccc(C4CC=CCC4)cc3)NC(c3ccccc3C3=CC=CCC3)N2)C(n2c3ccccc3c3ccc4c(c5ccccc5n4-c4cccc5ccccc45)c32)=CC1. The molecule has 9 aromatic rings. The highest BCUT2D eigenvalue weighted by Crippen LogP contribution is 2.45. The standard InChI is InChI=1S/C61H54N6/c62-44-34-36-55(67-53-27-13-11-24-47(53)48-35-37-56-57(58(48)67)50-26-12-14-28-54(50)66(56)52-29-15-21-42-20-7-8-23-46(42)52)51(38-44)61-64-59(43-32-30-40(31-33-43)39-16-3-1-4-17-39)63-60(65-61)49-25-10-9-22-45(49)41-18-5-2-6-19-41/h1-3,5,7-15,18,20-33,35-39,44,59-61,63-65H,4,6,16-17,19,34,62H2. The van der Waals surface area contributed by atoms with Gasteiger partial charge in [0.15, 0.2) is 0 Å². The molecule has 6 heteroatoms. The van der Waals surface area contributed by atoms with Crippen molar-refractivity contribution in [2.75, 3.05) is 0 Å². The summed E-state index contributed by atoms with van der Waals surface area (Å²) in [7, 11) is 0. The largest absolute Gasteiger partial charge is 0.324 e. The fraction of sp³-hybridized carbons (Fsp3) is 0.180. The highest BCUT2D eigenvalue weighted by molar-refractivity contribution is 6.27. The first-order valence-corrected chi connectivity index (χ1v) is 24.3. The van der Waals surface area contributed by atoms with E-state index in [2.05, 4.69) is 219 Å². The molecule has 328 valence electrons. The van der Waals surface area contributed by atoms with E-state index >= 15 is 0 Å². The Labute approximate surface area is 391 Å². The third-order valence-electron chi connectivity index (χ3n) is 14.9. The van der Waals surface area contributed by atoms with Gasteiger partial charge in [0, 0.05) is 44.2 Å². The molecule has 2 aromatic heterocycles. The van der Waals surface area contributed by atoms with Gasteiger partial charge < -0.3 is 14.9 Å². The number of hydrogen-bond donors (Lipinski definition) is 4. The maximum atomic E-state index is 7.03. The molecule has 0 amide bonds. The Morgan fingerprint density at radius 2 is 1.27 bits per heavy atom. The molecule has 5 atom stereocenters. The van der Waals surface area contributed by atoms with Crippen LogP contribution in [-0.2, 0) is 0 Å². The second kappa shape index (κ2) is 16.7. The third-order valence-corrected chi connectivity index (χ3v) is 14.9. The summed E-state index contributed by atoms with van der Waals surface area (Å²) in [6.07, 6.45) is 21.9. The van der Waals surface area contributed by atoms with Crippen LogP contribution < -0.4 is 21.7 Å². The van der Waals surface area contributed by atoms with Crippen LogP contribution in [-0.4, -0.2) is 21.3 Å². The molecule has 4 aliphatic rings. The first-order chi connectivity index (χ1) is 33.2. The summed E-state index contributed by atoms with van der Waals surface area (Å²) in [4.78, 5) is 0. The van der Waals surface area contributed by atoms with Gasteiger partial charge in [-0.15, -0.1) is 0 Å². The topological polar surface area (TPSA) is 72.0 Å². The van der Waals surface area contributed by atoms with Gasteiger partial charge >= 0.3 is 0 Å². The maximum absolute atomic E-state index is 7.03. The minimum absolute atomic E-state index is 0.134. The van der Waals surface area contributed by atoms with E-state index in [9.17, 15) is 0 Å². The Kier molecular flexibility index (Phi) is 10.0. The number of aromatic nitrogens is 2. The lowest BCUT2D eigenvalue weighted by Crippen LogP contribution is -2.60. The summed E-state index contributed by atoms with van der Waals surface area (Å²) < 4.78 is 5.03. The number of benzene rings is 7. The average Bonchev–Trinajstić information content (AvgIpc) is 3.92. The summed E-state index contributed by atoms with van der Waals surface area (Å²) in [6, 6.07) is 56.2. The monoisotopic (exact) mass is 870 g/mol. The highest BCUT2D eigenvalue weighted by Gasteiger charge is 2.36. The summed E-state index contributed by atoms with van der Waals surface area (Å²) in [6.45, 7) is 0. The second-order valence-electron chi connectivity index (χ2n) is 18.9. The molecule has 1 saturated heterocycles. The van der Waals surface area contributed by atoms with Gasteiger partial charge in [0.05, 0.1) is 46.3 Å². The number of hydrogen-bond acceptors (Lipinski definition) is 4. The van der Waals surface area contributed by atoms with E-state index in [1.165, 1.54) is 94.3 Å². The van der Waals surface area contributed by atoms with Crippen molar-refractivity contribution in [2.45, 2.75) is 69.0 Å². The molecule has 7 aromatic carbocycles. The van der Waals surface area contributed by atoms with E-state index in [-0.39, 0.29) is 24.5 Å². The summed E-state index contributed by atoms with van der Waals surface area (Å²) >= 11 is 0. The van der Waals surface area contributed by atoms with Crippen LogP contribution in [0.1, 0.15) is 79.0 Å². The van der Waals surface area contributed by atoms with E-state index < -0.39 is 0 Å². The van der Waals surface area contributed by atoms with Crippen LogP contribution >= 0.6 is 0 Å². The molecule has 0 spiro atoms. The highest BCUT2D eigenvalue weighted by atomic mass is 15.4. The van der Waals surface area contributed by atoms with E-state index in [0.29, 0.717) is 5.92 Å². The fourth-order valence-electron chi connectivity index (χ4n) is 11.8. The molecule has 3 heterocycles. The van der Waals surface area contributed by atoms with E-state index in [1.807, 2.05) is 0 Å². The van der Waals surface area contributed by atoms with Crippen LogP contribution in [0.15, 0.2) is 200 Å². The first kappa shape index (κ1) is 40.2. The maximum Gasteiger partial charge on any atom is 0.0882 e. The number of nitrogens with two attached hydrogens (primary N) is 1. The van der Waals surface area contributed by atoms with Gasteiger partial charge in [-0.05, 0) is 102 Å². The molecular formula is C61H54N6. The Balaban J connectivity index is 0.993. The predicted molar refractivity (Wildman–Crippen MR) is 280 cm³/mol. The molecule has 3 aliphatic carbocycles. The lowest BCUT2D eigenvalue weighted by Gasteiger charge is -2.42. The molecule has 13 rings (SSSR count). The van der Waals surface area contributed by atoms with Crippen molar-refractivity contribution < 1.29 is 0 Å². The van der Waals surface area contributed by atoms with Gasteiger partial charge in [-0.25, -0.2) is 0 Å².